The summed E-state index contributed by atoms with van der Waals surface area (Å²) in [5, 5.41) is 0. The van der Waals surface area contributed by atoms with Crippen LogP contribution in [0, 0.1) is 0 Å². The molecular formula is C15H16N2O2S. The number of thioether (sulfide) groups is 1. The summed E-state index contributed by atoms with van der Waals surface area (Å²) in [6.07, 6.45) is 0.921. The molecule has 0 unspecified atom stereocenters. The Bertz CT molecular complexity index is 604. The Balaban J connectivity index is 1.70. The number of ether oxygens (including phenoxy) is 2. The molecule has 2 N–H and O–H groups in total. The van der Waals surface area contributed by atoms with Crippen molar-refractivity contribution >= 4 is 17.6 Å². The lowest BCUT2D eigenvalue weighted by molar-refractivity contribution is 0.297. The summed E-state index contributed by atoms with van der Waals surface area (Å²) >= 11 is 1.71. The third-order valence-corrected chi connectivity index (χ3v) is 3.96. The van der Waals surface area contributed by atoms with Crippen molar-refractivity contribution in [2.24, 2.45) is 0 Å². The zero-order chi connectivity index (χ0) is 13.8. The number of nitrogens with zero attached hydrogens (tertiary/aromatic N) is 1. The lowest BCUT2D eigenvalue weighted by Crippen LogP contribution is -1.97. The van der Waals surface area contributed by atoms with Gasteiger partial charge in [0.2, 0.25) is 0 Å². The number of anilines is 1. The van der Waals surface area contributed by atoms with Gasteiger partial charge in [-0.3, -0.25) is 0 Å². The Morgan fingerprint density at radius 2 is 1.95 bits per heavy atom. The van der Waals surface area contributed by atoms with Gasteiger partial charge in [0.15, 0.2) is 11.5 Å². The maximum atomic E-state index is 5.69. The molecule has 0 aliphatic carbocycles. The fourth-order valence-electron chi connectivity index (χ4n) is 1.97. The highest BCUT2D eigenvalue weighted by Gasteiger charge is 2.10. The van der Waals surface area contributed by atoms with Gasteiger partial charge in [-0.1, -0.05) is 6.07 Å². The number of rotatable bonds is 3. The van der Waals surface area contributed by atoms with Gasteiger partial charge in [-0.25, -0.2) is 4.98 Å². The summed E-state index contributed by atoms with van der Waals surface area (Å²) in [6, 6.07) is 11.7. The van der Waals surface area contributed by atoms with Crippen LogP contribution < -0.4 is 15.2 Å². The van der Waals surface area contributed by atoms with Gasteiger partial charge in [-0.05, 0) is 30.3 Å². The monoisotopic (exact) mass is 288 g/mol. The molecule has 5 heteroatoms. The number of nitrogens with two attached hydrogens (primary N) is 1. The summed E-state index contributed by atoms with van der Waals surface area (Å²) in [7, 11) is 0. The van der Waals surface area contributed by atoms with Crippen molar-refractivity contribution in [3.05, 3.63) is 42.1 Å². The summed E-state index contributed by atoms with van der Waals surface area (Å²) in [4.78, 5) is 5.43. The van der Waals surface area contributed by atoms with Crippen molar-refractivity contribution in [2.45, 2.75) is 17.1 Å². The number of fused-ring (bicyclic) bond motifs is 1. The summed E-state index contributed by atoms with van der Waals surface area (Å²) < 4.78 is 11.3. The first-order valence-corrected chi connectivity index (χ1v) is 7.54. The first kappa shape index (κ1) is 13.1. The van der Waals surface area contributed by atoms with Gasteiger partial charge in [-0.2, -0.15) is 0 Å². The average Bonchev–Trinajstić information content (AvgIpc) is 2.70. The zero-order valence-corrected chi connectivity index (χ0v) is 11.9. The van der Waals surface area contributed by atoms with Crippen LogP contribution in [0.5, 0.6) is 11.5 Å². The molecule has 2 aromatic rings. The van der Waals surface area contributed by atoms with Gasteiger partial charge in [0, 0.05) is 17.1 Å². The maximum Gasteiger partial charge on any atom is 0.162 e. The zero-order valence-electron chi connectivity index (χ0n) is 11.0. The van der Waals surface area contributed by atoms with E-state index in [1.54, 1.807) is 17.8 Å². The topological polar surface area (TPSA) is 57.4 Å². The highest BCUT2D eigenvalue weighted by Crippen LogP contribution is 2.34. The second-order valence-corrected chi connectivity index (χ2v) is 5.55. The number of aromatic nitrogens is 1. The summed E-state index contributed by atoms with van der Waals surface area (Å²) in [5.41, 5.74) is 6.65. The minimum absolute atomic E-state index is 0.557. The molecule has 1 aliphatic heterocycles. The van der Waals surface area contributed by atoms with Crippen LogP contribution in [0.3, 0.4) is 0 Å². The molecule has 0 atom stereocenters. The van der Waals surface area contributed by atoms with Crippen molar-refractivity contribution in [3.8, 4) is 11.5 Å². The maximum absolute atomic E-state index is 5.69. The Kier molecular flexibility index (Phi) is 3.97. The van der Waals surface area contributed by atoms with Crippen molar-refractivity contribution in [1.82, 2.24) is 4.98 Å². The first-order valence-electron chi connectivity index (χ1n) is 6.55. The van der Waals surface area contributed by atoms with Crippen LogP contribution >= 0.6 is 11.8 Å². The van der Waals surface area contributed by atoms with Crippen molar-refractivity contribution < 1.29 is 9.47 Å². The molecule has 1 aromatic carbocycles. The van der Waals surface area contributed by atoms with Crippen LogP contribution in [0.2, 0.25) is 0 Å². The van der Waals surface area contributed by atoms with E-state index in [2.05, 4.69) is 4.98 Å². The number of hydrogen-bond donors (Lipinski definition) is 1. The van der Waals surface area contributed by atoms with E-state index in [9.17, 15) is 0 Å². The van der Waals surface area contributed by atoms with Crippen molar-refractivity contribution in [1.29, 1.82) is 0 Å². The summed E-state index contributed by atoms with van der Waals surface area (Å²) in [6.45, 7) is 1.42. The number of nitrogen functional groups attached to an aromatic ring is 1. The first-order chi connectivity index (χ1) is 9.81. The molecule has 104 valence electrons. The largest absolute Gasteiger partial charge is 0.490 e. The van der Waals surface area contributed by atoms with E-state index in [0.717, 1.165) is 34.3 Å². The molecule has 4 nitrogen and oxygen atoms in total. The standard InChI is InChI=1S/C15H16N2O2S/c16-15-4-1-3-11(17-15)10-20-12-5-6-13-14(9-12)19-8-2-7-18-13/h1,3-6,9H,2,7-8,10H2,(H2,16,17). The quantitative estimate of drug-likeness (QED) is 0.879. The van der Waals surface area contributed by atoms with E-state index >= 15 is 0 Å². The fraction of sp³-hybridized carbons (Fsp3) is 0.267. The van der Waals surface area contributed by atoms with E-state index in [1.807, 2.05) is 30.3 Å². The van der Waals surface area contributed by atoms with E-state index in [1.165, 1.54) is 0 Å². The fourth-order valence-corrected chi connectivity index (χ4v) is 2.80. The molecule has 20 heavy (non-hydrogen) atoms. The number of hydrogen-bond acceptors (Lipinski definition) is 5. The lowest BCUT2D eigenvalue weighted by atomic mass is 10.3. The highest BCUT2D eigenvalue weighted by molar-refractivity contribution is 7.98. The molecule has 1 aromatic heterocycles. The Morgan fingerprint density at radius 1 is 1.10 bits per heavy atom. The van der Waals surface area contributed by atoms with Gasteiger partial charge >= 0.3 is 0 Å². The molecule has 1 aliphatic rings. The third kappa shape index (κ3) is 3.17. The SMILES string of the molecule is Nc1cccc(CSc2ccc3c(c2)OCCCO3)n1. The van der Waals surface area contributed by atoms with Crippen molar-refractivity contribution in [3.63, 3.8) is 0 Å². The molecule has 0 radical (unpaired) electrons. The summed E-state index contributed by atoms with van der Waals surface area (Å²) in [5.74, 6) is 2.99. The minimum Gasteiger partial charge on any atom is -0.490 e. The molecule has 3 rings (SSSR count). The van der Waals surface area contributed by atoms with Crippen LogP contribution in [0.1, 0.15) is 12.1 Å². The second kappa shape index (κ2) is 6.05. The van der Waals surface area contributed by atoms with Gasteiger partial charge in [0.1, 0.15) is 5.82 Å². The molecule has 0 fully saturated rings. The number of pyridine rings is 1. The predicted octanol–water partition coefficient (Wildman–Crippen LogP) is 3.12. The van der Waals surface area contributed by atoms with Gasteiger partial charge in [-0.15, -0.1) is 11.8 Å². The second-order valence-electron chi connectivity index (χ2n) is 4.50. The molecule has 2 heterocycles. The molecule has 0 spiro atoms. The van der Waals surface area contributed by atoms with Crippen LogP contribution in [0.25, 0.3) is 0 Å². The Morgan fingerprint density at radius 3 is 2.80 bits per heavy atom. The van der Waals surface area contributed by atoms with Crippen LogP contribution in [0.15, 0.2) is 41.3 Å². The van der Waals surface area contributed by atoms with Gasteiger partial charge in [0.25, 0.3) is 0 Å². The molecule has 0 saturated heterocycles. The lowest BCUT2D eigenvalue weighted by Gasteiger charge is -2.09. The predicted molar refractivity (Wildman–Crippen MR) is 80.3 cm³/mol. The average molecular weight is 288 g/mol. The third-order valence-electron chi connectivity index (χ3n) is 2.93. The Labute approximate surface area is 122 Å². The highest BCUT2D eigenvalue weighted by atomic mass is 32.2. The molecular weight excluding hydrogens is 272 g/mol. The van der Waals surface area contributed by atoms with E-state index in [-0.39, 0.29) is 0 Å². The van der Waals surface area contributed by atoms with Gasteiger partial charge < -0.3 is 15.2 Å². The van der Waals surface area contributed by atoms with Crippen LogP contribution in [0.4, 0.5) is 5.82 Å². The molecule has 0 saturated carbocycles. The van der Waals surface area contributed by atoms with E-state index < -0.39 is 0 Å². The number of benzene rings is 1. The minimum atomic E-state index is 0.557. The Hall–Kier alpha value is -1.88. The smallest absolute Gasteiger partial charge is 0.162 e. The van der Waals surface area contributed by atoms with E-state index in [0.29, 0.717) is 19.0 Å². The van der Waals surface area contributed by atoms with Crippen LogP contribution in [-0.4, -0.2) is 18.2 Å². The molecule has 0 amide bonds. The van der Waals surface area contributed by atoms with Crippen LogP contribution in [-0.2, 0) is 5.75 Å². The van der Waals surface area contributed by atoms with Crippen molar-refractivity contribution in [2.75, 3.05) is 18.9 Å². The normalized spacial score (nSPS) is 13.8. The van der Waals surface area contributed by atoms with E-state index in [4.69, 9.17) is 15.2 Å². The molecule has 0 bridgehead atoms. The van der Waals surface area contributed by atoms with Gasteiger partial charge in [0.05, 0.1) is 18.9 Å².